The monoisotopic (exact) mass is 250 g/mol. The van der Waals surface area contributed by atoms with Gasteiger partial charge in [0.05, 0.1) is 5.57 Å². The van der Waals surface area contributed by atoms with E-state index in [1.807, 2.05) is 55.5 Å². The highest BCUT2D eigenvalue weighted by Gasteiger charge is 2.22. The number of hydrogen-bond acceptors (Lipinski definition) is 2. The summed E-state index contributed by atoms with van der Waals surface area (Å²) in [4.78, 5) is 11.9. The van der Waals surface area contributed by atoms with E-state index in [0.29, 0.717) is 5.57 Å². The van der Waals surface area contributed by atoms with Crippen molar-refractivity contribution in [2.75, 3.05) is 10.6 Å². The van der Waals surface area contributed by atoms with Gasteiger partial charge in [0.2, 0.25) is 0 Å². The SMILES string of the molecule is Cc1ccc(NC=C2C(=O)Nc3ccccc32)cc1. The number of rotatable bonds is 2. The molecule has 2 aromatic rings. The van der Waals surface area contributed by atoms with Crippen molar-refractivity contribution in [2.24, 2.45) is 0 Å². The van der Waals surface area contributed by atoms with Gasteiger partial charge >= 0.3 is 0 Å². The second-order valence-corrected chi connectivity index (χ2v) is 4.57. The van der Waals surface area contributed by atoms with Crippen molar-refractivity contribution >= 4 is 22.9 Å². The number of fused-ring (bicyclic) bond motifs is 1. The minimum atomic E-state index is -0.0687. The molecule has 0 unspecified atom stereocenters. The summed E-state index contributed by atoms with van der Waals surface area (Å²) in [6, 6.07) is 15.7. The van der Waals surface area contributed by atoms with Gasteiger partial charge in [-0.25, -0.2) is 0 Å². The summed E-state index contributed by atoms with van der Waals surface area (Å²) in [6.45, 7) is 2.04. The molecule has 0 aliphatic carbocycles. The van der Waals surface area contributed by atoms with Crippen LogP contribution >= 0.6 is 0 Å². The third-order valence-electron chi connectivity index (χ3n) is 3.14. The highest BCUT2D eigenvalue weighted by Crippen LogP contribution is 2.31. The Hall–Kier alpha value is -2.55. The Labute approximate surface area is 112 Å². The van der Waals surface area contributed by atoms with E-state index in [4.69, 9.17) is 0 Å². The second kappa shape index (κ2) is 4.61. The molecule has 2 aromatic carbocycles. The fourth-order valence-corrected chi connectivity index (χ4v) is 2.09. The lowest BCUT2D eigenvalue weighted by Crippen LogP contribution is -2.05. The molecule has 3 nitrogen and oxygen atoms in total. The van der Waals surface area contributed by atoms with Crippen LogP contribution in [0.1, 0.15) is 11.1 Å². The number of amides is 1. The first-order valence-electron chi connectivity index (χ1n) is 6.18. The van der Waals surface area contributed by atoms with E-state index < -0.39 is 0 Å². The molecule has 1 aliphatic heterocycles. The molecule has 0 atom stereocenters. The standard InChI is InChI=1S/C16H14N2O/c1-11-6-8-12(9-7-11)17-10-14-13-4-2-3-5-15(13)18-16(14)19/h2-10,17H,1H3,(H,18,19). The zero-order valence-corrected chi connectivity index (χ0v) is 10.6. The molecule has 1 aliphatic rings. The summed E-state index contributed by atoms with van der Waals surface area (Å²) >= 11 is 0. The van der Waals surface area contributed by atoms with Crippen LogP contribution in [0, 0.1) is 6.92 Å². The first-order chi connectivity index (χ1) is 9.24. The fourth-order valence-electron chi connectivity index (χ4n) is 2.09. The smallest absolute Gasteiger partial charge is 0.257 e. The Balaban J connectivity index is 1.88. The van der Waals surface area contributed by atoms with E-state index in [1.54, 1.807) is 6.20 Å². The van der Waals surface area contributed by atoms with Gasteiger partial charge in [0, 0.05) is 23.1 Å². The maximum atomic E-state index is 11.9. The average molecular weight is 250 g/mol. The predicted octanol–water partition coefficient (Wildman–Crippen LogP) is 3.40. The van der Waals surface area contributed by atoms with Crippen molar-refractivity contribution in [2.45, 2.75) is 6.92 Å². The van der Waals surface area contributed by atoms with Crippen LogP contribution < -0.4 is 10.6 Å². The summed E-state index contributed by atoms with van der Waals surface area (Å²) in [5.41, 5.74) is 4.64. The van der Waals surface area contributed by atoms with Gasteiger partial charge in [-0.15, -0.1) is 0 Å². The number of anilines is 2. The highest BCUT2D eigenvalue weighted by atomic mass is 16.2. The second-order valence-electron chi connectivity index (χ2n) is 4.57. The van der Waals surface area contributed by atoms with E-state index >= 15 is 0 Å². The van der Waals surface area contributed by atoms with Gasteiger partial charge in [0.25, 0.3) is 5.91 Å². The molecule has 1 amide bonds. The van der Waals surface area contributed by atoms with Crippen LogP contribution in [0.3, 0.4) is 0 Å². The molecule has 0 saturated carbocycles. The van der Waals surface area contributed by atoms with Crippen molar-refractivity contribution in [1.29, 1.82) is 0 Å². The number of benzene rings is 2. The molecule has 1 heterocycles. The fraction of sp³-hybridized carbons (Fsp3) is 0.0625. The molecule has 0 spiro atoms. The van der Waals surface area contributed by atoms with Gasteiger partial charge < -0.3 is 10.6 Å². The molecule has 19 heavy (non-hydrogen) atoms. The quantitative estimate of drug-likeness (QED) is 0.802. The van der Waals surface area contributed by atoms with Crippen LogP contribution in [0.15, 0.2) is 54.7 Å². The lowest BCUT2D eigenvalue weighted by Gasteiger charge is -2.03. The normalized spacial score (nSPS) is 15.2. The van der Waals surface area contributed by atoms with E-state index in [0.717, 1.165) is 16.9 Å². The molecule has 0 fully saturated rings. The van der Waals surface area contributed by atoms with Crippen LogP contribution in [-0.2, 0) is 4.79 Å². The van der Waals surface area contributed by atoms with Crippen LogP contribution in [0.2, 0.25) is 0 Å². The Morgan fingerprint density at radius 1 is 1.05 bits per heavy atom. The Bertz CT molecular complexity index is 657. The zero-order valence-electron chi connectivity index (χ0n) is 10.6. The Morgan fingerprint density at radius 3 is 2.58 bits per heavy atom. The lowest BCUT2D eigenvalue weighted by molar-refractivity contribution is -0.110. The van der Waals surface area contributed by atoms with Crippen LogP contribution in [0.4, 0.5) is 11.4 Å². The maximum Gasteiger partial charge on any atom is 0.257 e. The van der Waals surface area contributed by atoms with Gasteiger partial charge in [0.1, 0.15) is 0 Å². The summed E-state index contributed by atoms with van der Waals surface area (Å²) in [5.74, 6) is -0.0687. The lowest BCUT2D eigenvalue weighted by atomic mass is 10.1. The van der Waals surface area contributed by atoms with Crippen molar-refractivity contribution in [3.8, 4) is 0 Å². The molecular formula is C16H14N2O. The molecule has 0 aromatic heterocycles. The number of hydrogen-bond donors (Lipinski definition) is 2. The predicted molar refractivity (Wildman–Crippen MR) is 77.9 cm³/mol. The summed E-state index contributed by atoms with van der Waals surface area (Å²) < 4.78 is 0. The van der Waals surface area contributed by atoms with Crippen LogP contribution in [0.25, 0.3) is 5.57 Å². The average Bonchev–Trinajstić information content (AvgIpc) is 2.74. The number of aryl methyl sites for hydroxylation is 1. The van der Waals surface area contributed by atoms with Gasteiger partial charge in [-0.3, -0.25) is 4.79 Å². The first kappa shape index (κ1) is 11.5. The number of para-hydroxylation sites is 1. The van der Waals surface area contributed by atoms with Crippen molar-refractivity contribution in [1.82, 2.24) is 0 Å². The summed E-state index contributed by atoms with van der Waals surface area (Å²) in [5, 5.41) is 6.01. The molecule has 0 radical (unpaired) electrons. The van der Waals surface area contributed by atoms with E-state index in [2.05, 4.69) is 10.6 Å². The molecular weight excluding hydrogens is 236 g/mol. The minimum absolute atomic E-state index is 0.0687. The van der Waals surface area contributed by atoms with Crippen LogP contribution in [0.5, 0.6) is 0 Å². The third kappa shape index (κ3) is 2.22. The van der Waals surface area contributed by atoms with Gasteiger partial charge in [-0.2, -0.15) is 0 Å². The first-order valence-corrected chi connectivity index (χ1v) is 6.18. The molecule has 3 rings (SSSR count). The molecule has 94 valence electrons. The Morgan fingerprint density at radius 2 is 1.79 bits per heavy atom. The topological polar surface area (TPSA) is 41.1 Å². The molecule has 0 bridgehead atoms. The summed E-state index contributed by atoms with van der Waals surface area (Å²) in [7, 11) is 0. The molecule has 2 N–H and O–H groups in total. The van der Waals surface area contributed by atoms with Crippen molar-refractivity contribution in [3.63, 3.8) is 0 Å². The minimum Gasteiger partial charge on any atom is -0.361 e. The number of nitrogens with one attached hydrogen (secondary N) is 2. The van der Waals surface area contributed by atoms with Gasteiger partial charge in [0.15, 0.2) is 0 Å². The number of carbonyl (C=O) groups excluding carboxylic acids is 1. The highest BCUT2D eigenvalue weighted by molar-refractivity contribution is 6.31. The third-order valence-corrected chi connectivity index (χ3v) is 3.14. The molecule has 0 saturated heterocycles. The molecule has 3 heteroatoms. The van der Waals surface area contributed by atoms with Crippen molar-refractivity contribution in [3.05, 3.63) is 65.9 Å². The van der Waals surface area contributed by atoms with Gasteiger partial charge in [-0.05, 0) is 25.1 Å². The Kier molecular flexibility index (Phi) is 2.80. The zero-order chi connectivity index (χ0) is 13.2. The van der Waals surface area contributed by atoms with Crippen molar-refractivity contribution < 1.29 is 4.79 Å². The van der Waals surface area contributed by atoms with Gasteiger partial charge in [-0.1, -0.05) is 35.9 Å². The van der Waals surface area contributed by atoms with E-state index in [9.17, 15) is 4.79 Å². The summed E-state index contributed by atoms with van der Waals surface area (Å²) in [6.07, 6.45) is 1.76. The van der Waals surface area contributed by atoms with E-state index in [1.165, 1.54) is 5.56 Å². The number of carbonyl (C=O) groups is 1. The van der Waals surface area contributed by atoms with Crippen LogP contribution in [-0.4, -0.2) is 5.91 Å². The van der Waals surface area contributed by atoms with E-state index in [-0.39, 0.29) is 5.91 Å². The largest absolute Gasteiger partial charge is 0.361 e. The maximum absolute atomic E-state index is 11.9.